The lowest BCUT2D eigenvalue weighted by Gasteiger charge is -2.34. The van der Waals surface area contributed by atoms with Crippen molar-refractivity contribution in [3.63, 3.8) is 0 Å². The number of anilines is 1. The van der Waals surface area contributed by atoms with Crippen LogP contribution in [-0.4, -0.2) is 82.8 Å². The number of thiophene rings is 1. The number of aliphatic hydroxyl groups excluding tert-OH is 1. The summed E-state index contributed by atoms with van der Waals surface area (Å²) in [6.07, 6.45) is 2.63. The summed E-state index contributed by atoms with van der Waals surface area (Å²) in [7, 11) is -0.487. The molecule has 0 saturated carbocycles. The Bertz CT molecular complexity index is 1080. The van der Waals surface area contributed by atoms with Gasteiger partial charge in [0, 0.05) is 37.6 Å². The molecule has 0 spiro atoms. The van der Waals surface area contributed by atoms with Crippen LogP contribution in [0.3, 0.4) is 0 Å². The zero-order valence-corrected chi connectivity index (χ0v) is 20.5. The number of β-amino-alcohol motifs (C(OH)–C–C–N with tert-alkyl or cyclic N) is 1. The number of piperazine rings is 1. The molecule has 1 aliphatic rings. The number of nitrogens with zero attached hydrogens (tertiary/aromatic N) is 3. The van der Waals surface area contributed by atoms with Crippen LogP contribution in [0.1, 0.15) is 10.4 Å². The Hall–Kier alpha value is -2.62. The lowest BCUT2D eigenvalue weighted by Crippen LogP contribution is -2.46. The molecule has 180 valence electrons. The second-order valence-electron chi connectivity index (χ2n) is 7.20. The number of nitriles is 1. The second kappa shape index (κ2) is 12.6. The Balaban J connectivity index is 0.000000696. The SMILES string of the molecule is COc1ccc(C(C#N)=Cc2ccc(N3CCN(CCO)CC3)s2)cc1OC.CS(=O)(=O)O. The third kappa shape index (κ3) is 8.68. The van der Waals surface area contributed by atoms with E-state index in [0.29, 0.717) is 23.3 Å². The van der Waals surface area contributed by atoms with Gasteiger partial charge in [-0.15, -0.1) is 11.3 Å². The van der Waals surface area contributed by atoms with Gasteiger partial charge in [-0.05, 0) is 42.0 Å². The van der Waals surface area contributed by atoms with Gasteiger partial charge in [0.25, 0.3) is 10.1 Å². The quantitative estimate of drug-likeness (QED) is 0.440. The smallest absolute Gasteiger partial charge is 0.261 e. The Labute approximate surface area is 198 Å². The minimum Gasteiger partial charge on any atom is -0.493 e. The maximum absolute atomic E-state index is 9.64. The van der Waals surface area contributed by atoms with E-state index < -0.39 is 10.1 Å². The normalized spacial score (nSPS) is 14.8. The minimum atomic E-state index is -3.67. The van der Waals surface area contributed by atoms with Gasteiger partial charge in [-0.3, -0.25) is 9.45 Å². The molecule has 1 fully saturated rings. The van der Waals surface area contributed by atoms with Crippen LogP contribution in [-0.2, 0) is 10.1 Å². The standard InChI is InChI=1S/C21H25N3O3S.CH4O3S/c1-26-19-5-3-16(14-20(19)27-2)17(15-22)13-18-4-6-21(28-18)24-9-7-23(8-10-24)11-12-25;1-5(2,3)4/h3-6,13-14,25H,7-12H2,1-2H3;1H3,(H,2,3,4). The van der Waals surface area contributed by atoms with Crippen molar-refractivity contribution >= 4 is 38.1 Å². The van der Waals surface area contributed by atoms with E-state index in [1.54, 1.807) is 25.6 Å². The predicted molar refractivity (Wildman–Crippen MR) is 131 cm³/mol. The summed E-state index contributed by atoms with van der Waals surface area (Å²) in [5.41, 5.74) is 1.38. The Morgan fingerprint density at radius 2 is 1.79 bits per heavy atom. The van der Waals surface area contributed by atoms with Crippen molar-refractivity contribution in [1.29, 1.82) is 5.26 Å². The molecule has 11 heteroatoms. The average Bonchev–Trinajstić information content (AvgIpc) is 3.25. The molecule has 0 radical (unpaired) electrons. The van der Waals surface area contributed by atoms with Crippen molar-refractivity contribution in [1.82, 2.24) is 4.90 Å². The first-order valence-corrected chi connectivity index (χ1v) is 12.8. The van der Waals surface area contributed by atoms with Gasteiger partial charge in [-0.1, -0.05) is 0 Å². The average molecular weight is 496 g/mol. The van der Waals surface area contributed by atoms with Gasteiger partial charge in [0.05, 0.1) is 43.7 Å². The largest absolute Gasteiger partial charge is 0.493 e. The molecule has 2 aromatic rings. The van der Waals surface area contributed by atoms with Crippen LogP contribution in [0.5, 0.6) is 11.5 Å². The zero-order chi connectivity index (χ0) is 24.4. The van der Waals surface area contributed by atoms with Crippen LogP contribution in [0.2, 0.25) is 0 Å². The summed E-state index contributed by atoms with van der Waals surface area (Å²) in [5.74, 6) is 1.25. The van der Waals surface area contributed by atoms with E-state index in [-0.39, 0.29) is 6.61 Å². The van der Waals surface area contributed by atoms with Crippen molar-refractivity contribution in [2.75, 3.05) is 64.7 Å². The summed E-state index contributed by atoms with van der Waals surface area (Å²) >= 11 is 1.68. The third-order valence-electron chi connectivity index (χ3n) is 4.81. The van der Waals surface area contributed by atoms with Crippen LogP contribution < -0.4 is 14.4 Å². The van der Waals surface area contributed by atoms with Crippen molar-refractivity contribution in [2.45, 2.75) is 0 Å². The predicted octanol–water partition coefficient (Wildman–Crippen LogP) is 2.45. The summed E-state index contributed by atoms with van der Waals surface area (Å²) in [4.78, 5) is 5.67. The molecule has 0 unspecified atom stereocenters. The monoisotopic (exact) mass is 495 g/mol. The molecule has 2 N–H and O–H groups in total. The van der Waals surface area contributed by atoms with Gasteiger partial charge in [0.15, 0.2) is 11.5 Å². The Kier molecular flexibility index (Phi) is 10.1. The molecule has 3 rings (SSSR count). The van der Waals surface area contributed by atoms with Crippen LogP contribution in [0, 0.1) is 11.3 Å². The fraction of sp³-hybridized carbons (Fsp3) is 0.409. The van der Waals surface area contributed by atoms with Gasteiger partial charge < -0.3 is 19.5 Å². The zero-order valence-electron chi connectivity index (χ0n) is 18.9. The number of methoxy groups -OCH3 is 2. The van der Waals surface area contributed by atoms with Crippen molar-refractivity contribution < 1.29 is 27.6 Å². The van der Waals surface area contributed by atoms with Gasteiger partial charge in [0.1, 0.15) is 0 Å². The van der Waals surface area contributed by atoms with Crippen molar-refractivity contribution in [2.24, 2.45) is 0 Å². The van der Waals surface area contributed by atoms with Crippen LogP contribution in [0.15, 0.2) is 30.3 Å². The van der Waals surface area contributed by atoms with E-state index >= 15 is 0 Å². The van der Waals surface area contributed by atoms with E-state index in [1.807, 2.05) is 24.3 Å². The van der Waals surface area contributed by atoms with E-state index in [9.17, 15) is 13.7 Å². The number of allylic oxidation sites excluding steroid dienone is 1. The summed E-state index contributed by atoms with van der Waals surface area (Å²) < 4.78 is 36.5. The Morgan fingerprint density at radius 1 is 1.15 bits per heavy atom. The van der Waals surface area contributed by atoms with E-state index in [4.69, 9.17) is 19.1 Å². The first-order chi connectivity index (χ1) is 15.7. The molecule has 0 bridgehead atoms. The molecule has 0 aliphatic carbocycles. The van der Waals surface area contributed by atoms with E-state index in [0.717, 1.165) is 43.2 Å². The summed E-state index contributed by atoms with van der Waals surface area (Å²) in [6, 6.07) is 12.0. The molecule has 2 heterocycles. The number of rotatable bonds is 7. The molecule has 9 nitrogen and oxygen atoms in total. The second-order valence-corrected chi connectivity index (χ2v) is 9.76. The topological polar surface area (TPSA) is 123 Å². The molecule has 1 saturated heterocycles. The van der Waals surface area contributed by atoms with Gasteiger partial charge in [-0.25, -0.2) is 0 Å². The molecule has 33 heavy (non-hydrogen) atoms. The van der Waals surface area contributed by atoms with Gasteiger partial charge >= 0.3 is 0 Å². The first-order valence-electron chi connectivity index (χ1n) is 10.1. The molecule has 1 aromatic heterocycles. The number of hydrogen-bond donors (Lipinski definition) is 2. The highest BCUT2D eigenvalue weighted by Gasteiger charge is 2.18. The maximum Gasteiger partial charge on any atom is 0.261 e. The third-order valence-corrected chi connectivity index (χ3v) is 5.91. The van der Waals surface area contributed by atoms with Crippen LogP contribution in [0.4, 0.5) is 5.00 Å². The first kappa shape index (κ1) is 26.6. The number of benzene rings is 1. The molecule has 1 aliphatic heterocycles. The highest BCUT2D eigenvalue weighted by molar-refractivity contribution is 7.85. The number of aliphatic hydroxyl groups is 1. The lowest BCUT2D eigenvalue weighted by atomic mass is 10.1. The molecule has 0 atom stereocenters. The molecule has 0 amide bonds. The number of hydrogen-bond acceptors (Lipinski definition) is 9. The fourth-order valence-electron chi connectivity index (χ4n) is 3.25. The Morgan fingerprint density at radius 3 is 2.33 bits per heavy atom. The molecular weight excluding hydrogens is 466 g/mol. The summed E-state index contributed by atoms with van der Waals surface area (Å²) in [6.45, 7) is 4.76. The highest BCUT2D eigenvalue weighted by atomic mass is 32.2. The van der Waals surface area contributed by atoms with Crippen LogP contribution in [0.25, 0.3) is 11.6 Å². The van der Waals surface area contributed by atoms with Crippen molar-refractivity contribution in [3.05, 3.63) is 40.8 Å². The molecular formula is C22H29N3O6S2. The van der Waals surface area contributed by atoms with Gasteiger partial charge in [0.2, 0.25) is 0 Å². The number of ether oxygens (including phenoxy) is 2. The van der Waals surface area contributed by atoms with Gasteiger partial charge in [-0.2, -0.15) is 13.7 Å². The van der Waals surface area contributed by atoms with Crippen molar-refractivity contribution in [3.8, 4) is 17.6 Å². The van der Waals surface area contributed by atoms with E-state index in [1.165, 1.54) is 5.00 Å². The maximum atomic E-state index is 9.64. The fourth-order valence-corrected chi connectivity index (χ4v) is 4.25. The lowest BCUT2D eigenvalue weighted by molar-refractivity contribution is 0.189. The van der Waals surface area contributed by atoms with E-state index in [2.05, 4.69) is 28.0 Å². The van der Waals surface area contributed by atoms with Crippen LogP contribution >= 0.6 is 11.3 Å². The summed E-state index contributed by atoms with van der Waals surface area (Å²) in [5, 5.41) is 19.9. The highest BCUT2D eigenvalue weighted by Crippen LogP contribution is 2.33. The minimum absolute atomic E-state index is 0.209. The molecule has 1 aromatic carbocycles.